The first-order valence-corrected chi connectivity index (χ1v) is 9.72. The van der Waals surface area contributed by atoms with E-state index in [-0.39, 0.29) is 0 Å². The molecule has 0 unspecified atom stereocenters. The molecule has 1 fully saturated rings. The molecule has 1 aliphatic heterocycles. The van der Waals surface area contributed by atoms with Gasteiger partial charge in [0.25, 0.3) is 0 Å². The fourth-order valence-electron chi connectivity index (χ4n) is 3.47. The zero-order chi connectivity index (χ0) is 19.5. The second kappa shape index (κ2) is 7.70. The summed E-state index contributed by atoms with van der Waals surface area (Å²) in [4.78, 5) is 28.0. The maximum absolute atomic E-state index is 4.79. The zero-order valence-electron chi connectivity index (χ0n) is 15.8. The summed E-state index contributed by atoms with van der Waals surface area (Å²) in [6.07, 6.45) is 10.5. The third-order valence-electron chi connectivity index (χ3n) is 4.82. The lowest BCUT2D eigenvalue weighted by Crippen LogP contribution is -2.30. The minimum absolute atomic E-state index is 0.516. The van der Waals surface area contributed by atoms with Crippen LogP contribution in [-0.4, -0.2) is 43.0 Å². The molecule has 0 atom stereocenters. The van der Waals surface area contributed by atoms with Crippen molar-refractivity contribution < 1.29 is 0 Å². The van der Waals surface area contributed by atoms with Gasteiger partial charge in [-0.15, -0.1) is 0 Å². The minimum Gasteiger partial charge on any atom is -0.355 e. The smallest absolute Gasteiger partial charge is 0.231 e. The monoisotopic (exact) mass is 387 g/mol. The topological polar surface area (TPSA) is 108 Å². The lowest BCUT2D eigenvalue weighted by molar-refractivity contribution is 0.574. The first-order valence-electron chi connectivity index (χ1n) is 9.72. The predicted octanol–water partition coefficient (Wildman–Crippen LogP) is 3.62. The average molecular weight is 387 g/mol. The molecule has 0 saturated carbocycles. The summed E-state index contributed by atoms with van der Waals surface area (Å²) in [6.45, 7) is 1.94. The van der Waals surface area contributed by atoms with Gasteiger partial charge in [-0.25, -0.2) is 4.98 Å². The Morgan fingerprint density at radius 2 is 1.55 bits per heavy atom. The van der Waals surface area contributed by atoms with Gasteiger partial charge in [-0.2, -0.15) is 9.97 Å². The van der Waals surface area contributed by atoms with Gasteiger partial charge in [0.05, 0.1) is 23.8 Å². The van der Waals surface area contributed by atoms with Gasteiger partial charge in [0, 0.05) is 25.5 Å². The number of pyridine rings is 2. The summed E-state index contributed by atoms with van der Waals surface area (Å²) in [7, 11) is 0. The molecule has 9 heteroatoms. The maximum atomic E-state index is 4.79. The van der Waals surface area contributed by atoms with Gasteiger partial charge in [-0.05, 0) is 43.5 Å². The van der Waals surface area contributed by atoms with E-state index in [1.54, 1.807) is 24.8 Å². The number of imidazole rings is 1. The van der Waals surface area contributed by atoms with Gasteiger partial charge in [0.15, 0.2) is 17.0 Å². The Bertz CT molecular complexity index is 1090. The van der Waals surface area contributed by atoms with Crippen molar-refractivity contribution in [1.29, 1.82) is 0 Å². The van der Waals surface area contributed by atoms with Crippen LogP contribution in [0.1, 0.15) is 19.3 Å². The summed E-state index contributed by atoms with van der Waals surface area (Å²) in [5.41, 5.74) is 3.13. The maximum Gasteiger partial charge on any atom is 0.231 e. The van der Waals surface area contributed by atoms with Crippen LogP contribution in [-0.2, 0) is 0 Å². The quantitative estimate of drug-likeness (QED) is 0.477. The number of fused-ring (bicyclic) bond motifs is 1. The lowest BCUT2D eigenvalue weighted by atomic mass is 10.1. The Labute approximate surface area is 167 Å². The average Bonchev–Trinajstić information content (AvgIpc) is 3.17. The molecule has 0 amide bonds. The van der Waals surface area contributed by atoms with E-state index in [0.717, 1.165) is 48.6 Å². The number of H-pyrrole nitrogens is 1. The van der Waals surface area contributed by atoms with Gasteiger partial charge in [0.1, 0.15) is 0 Å². The van der Waals surface area contributed by atoms with Crippen molar-refractivity contribution in [3.8, 4) is 0 Å². The molecule has 146 valence electrons. The number of anilines is 5. The Kier molecular flexibility index (Phi) is 4.61. The molecule has 0 spiro atoms. The van der Waals surface area contributed by atoms with Gasteiger partial charge in [-0.3, -0.25) is 9.97 Å². The third kappa shape index (κ3) is 3.79. The summed E-state index contributed by atoms with van der Waals surface area (Å²) in [5, 5.41) is 6.49. The normalized spacial score (nSPS) is 14.1. The van der Waals surface area contributed by atoms with Crippen LogP contribution in [0.15, 0.2) is 49.1 Å². The molecule has 0 radical (unpaired) electrons. The van der Waals surface area contributed by atoms with Gasteiger partial charge >= 0.3 is 0 Å². The number of rotatable bonds is 5. The molecule has 0 aromatic carbocycles. The summed E-state index contributed by atoms with van der Waals surface area (Å²) < 4.78 is 0. The highest BCUT2D eigenvalue weighted by Crippen LogP contribution is 2.29. The van der Waals surface area contributed by atoms with Crippen LogP contribution in [0.3, 0.4) is 0 Å². The molecule has 3 N–H and O–H groups in total. The fraction of sp³-hybridized carbons (Fsp3) is 0.250. The van der Waals surface area contributed by atoms with Crippen LogP contribution < -0.4 is 15.5 Å². The zero-order valence-corrected chi connectivity index (χ0v) is 15.8. The van der Waals surface area contributed by atoms with Gasteiger partial charge in [-0.1, -0.05) is 0 Å². The summed E-state index contributed by atoms with van der Waals surface area (Å²) >= 11 is 0. The van der Waals surface area contributed by atoms with Gasteiger partial charge < -0.3 is 20.5 Å². The van der Waals surface area contributed by atoms with Crippen LogP contribution in [0.5, 0.6) is 0 Å². The Balaban J connectivity index is 1.54. The van der Waals surface area contributed by atoms with Gasteiger partial charge in [0.2, 0.25) is 11.9 Å². The number of hydrogen-bond acceptors (Lipinski definition) is 8. The molecule has 5 rings (SSSR count). The van der Waals surface area contributed by atoms with Crippen LogP contribution in [0.25, 0.3) is 11.2 Å². The molecule has 0 aliphatic carbocycles. The minimum atomic E-state index is 0.516. The van der Waals surface area contributed by atoms with E-state index in [4.69, 9.17) is 9.97 Å². The number of aromatic nitrogens is 6. The van der Waals surface area contributed by atoms with Crippen molar-refractivity contribution in [2.45, 2.75) is 19.3 Å². The van der Waals surface area contributed by atoms with E-state index in [1.807, 2.05) is 24.3 Å². The van der Waals surface area contributed by atoms with E-state index in [9.17, 15) is 0 Å². The molecule has 9 nitrogen and oxygen atoms in total. The van der Waals surface area contributed by atoms with Crippen molar-refractivity contribution in [2.24, 2.45) is 0 Å². The van der Waals surface area contributed by atoms with E-state index in [1.165, 1.54) is 6.42 Å². The number of nitrogens with zero attached hydrogens (tertiary/aromatic N) is 6. The SMILES string of the molecule is c1cncc(Nc2nc(N3CCCCC3)c3nc(Nc4cccnc4)[nH]c3n2)c1. The third-order valence-corrected chi connectivity index (χ3v) is 4.82. The first kappa shape index (κ1) is 17.4. The molecule has 0 bridgehead atoms. The van der Waals surface area contributed by atoms with E-state index >= 15 is 0 Å². The molecule has 4 aromatic heterocycles. The van der Waals surface area contributed by atoms with Crippen molar-refractivity contribution in [2.75, 3.05) is 28.6 Å². The molecular formula is C20H21N9. The molecule has 5 heterocycles. The van der Waals surface area contributed by atoms with Crippen molar-refractivity contribution >= 4 is 40.3 Å². The van der Waals surface area contributed by atoms with Crippen molar-refractivity contribution in [1.82, 2.24) is 29.9 Å². The number of piperidine rings is 1. The highest BCUT2D eigenvalue weighted by molar-refractivity contribution is 5.87. The molecule has 1 aliphatic rings. The molecule has 1 saturated heterocycles. The first-order chi connectivity index (χ1) is 14.3. The van der Waals surface area contributed by atoms with Crippen molar-refractivity contribution in [3.05, 3.63) is 49.1 Å². The van der Waals surface area contributed by atoms with E-state index < -0.39 is 0 Å². The Morgan fingerprint density at radius 3 is 2.24 bits per heavy atom. The van der Waals surface area contributed by atoms with Crippen LogP contribution >= 0.6 is 0 Å². The van der Waals surface area contributed by atoms with Crippen LogP contribution in [0.2, 0.25) is 0 Å². The molecular weight excluding hydrogens is 366 g/mol. The summed E-state index contributed by atoms with van der Waals surface area (Å²) in [5.74, 6) is 1.97. The van der Waals surface area contributed by atoms with Crippen LogP contribution in [0.4, 0.5) is 29.1 Å². The lowest BCUT2D eigenvalue weighted by Gasteiger charge is -2.27. The van der Waals surface area contributed by atoms with E-state index in [2.05, 4.69) is 35.5 Å². The highest BCUT2D eigenvalue weighted by Gasteiger charge is 2.20. The second-order valence-corrected chi connectivity index (χ2v) is 6.93. The largest absolute Gasteiger partial charge is 0.355 e. The Morgan fingerprint density at radius 1 is 0.828 bits per heavy atom. The highest BCUT2D eigenvalue weighted by atomic mass is 15.3. The number of hydrogen-bond donors (Lipinski definition) is 3. The Hall–Kier alpha value is -3.75. The summed E-state index contributed by atoms with van der Waals surface area (Å²) in [6, 6.07) is 7.62. The fourth-order valence-corrected chi connectivity index (χ4v) is 3.47. The molecule has 29 heavy (non-hydrogen) atoms. The number of nitrogens with one attached hydrogen (secondary N) is 3. The predicted molar refractivity (Wildman–Crippen MR) is 113 cm³/mol. The standard InChI is InChI=1S/C20H21N9/c1-2-10-29(11-3-1)18-16-17(26-19(25-16)23-14-6-4-8-21-12-14)27-20(28-18)24-15-7-5-9-22-13-15/h4-9,12-13H,1-3,10-11H2,(H3,23,24,25,26,27,28). The second-order valence-electron chi connectivity index (χ2n) is 6.93. The molecule has 4 aromatic rings. The van der Waals surface area contributed by atoms with E-state index in [0.29, 0.717) is 17.5 Å². The number of aromatic amines is 1. The van der Waals surface area contributed by atoms with Crippen molar-refractivity contribution in [3.63, 3.8) is 0 Å². The van der Waals surface area contributed by atoms with Crippen LogP contribution in [0, 0.1) is 0 Å².